The molecule has 0 N–H and O–H groups in total. The normalized spacial score (nSPS) is 15.1. The molecule has 0 amide bonds. The fourth-order valence-corrected chi connectivity index (χ4v) is 5.42. The van der Waals surface area contributed by atoms with E-state index in [0.29, 0.717) is 21.0 Å². The number of esters is 2. The molecule has 4 rings (SSSR count). The maximum absolute atomic E-state index is 12.3. The summed E-state index contributed by atoms with van der Waals surface area (Å²) in [6, 6.07) is 4.24. The van der Waals surface area contributed by atoms with E-state index in [1.165, 1.54) is 35.3 Å². The Morgan fingerprint density at radius 2 is 1.81 bits per heavy atom. The minimum Gasteiger partial charge on any atom is -0.469 e. The molecule has 7 nitrogen and oxygen atoms in total. The van der Waals surface area contributed by atoms with Crippen LogP contribution in [0.1, 0.15) is 51.7 Å². The van der Waals surface area contributed by atoms with Gasteiger partial charge in [-0.1, -0.05) is 0 Å². The average molecular weight is 442 g/mol. The van der Waals surface area contributed by atoms with Crippen molar-refractivity contribution in [1.29, 1.82) is 0 Å². The summed E-state index contributed by atoms with van der Waals surface area (Å²) in [5.74, 6) is -0.790. The van der Waals surface area contributed by atoms with E-state index in [9.17, 15) is 9.59 Å². The highest BCUT2D eigenvalue weighted by Gasteiger charge is 2.25. The van der Waals surface area contributed by atoms with Gasteiger partial charge in [-0.25, -0.2) is 4.79 Å². The topological polar surface area (TPSA) is 80.6 Å². The Labute approximate surface area is 186 Å². The monoisotopic (exact) mass is 441 g/mol. The number of ether oxygens (including phenoxy) is 2. The summed E-state index contributed by atoms with van der Waals surface area (Å²) in [5.41, 5.74) is 6.22. The third kappa shape index (κ3) is 4.35. The molecule has 3 heterocycles. The molecule has 1 aromatic heterocycles. The van der Waals surface area contributed by atoms with Gasteiger partial charge in [0, 0.05) is 24.3 Å². The number of benzene rings is 1. The van der Waals surface area contributed by atoms with Crippen LogP contribution in [0.5, 0.6) is 0 Å². The number of carbonyl (C=O) groups is 2. The van der Waals surface area contributed by atoms with Gasteiger partial charge in [0.25, 0.3) is 0 Å². The number of methoxy groups -OCH3 is 1. The van der Waals surface area contributed by atoms with E-state index in [1.807, 2.05) is 0 Å². The highest BCUT2D eigenvalue weighted by molar-refractivity contribution is 7.18. The van der Waals surface area contributed by atoms with Crippen LogP contribution in [-0.4, -0.2) is 38.7 Å². The molecular weight excluding hydrogens is 414 g/mol. The van der Waals surface area contributed by atoms with Crippen molar-refractivity contribution in [2.24, 2.45) is 10.2 Å². The van der Waals surface area contributed by atoms with Gasteiger partial charge in [-0.15, -0.1) is 21.6 Å². The minimum absolute atomic E-state index is 0.0387. The number of hydrogen-bond acceptors (Lipinski definition) is 8. The van der Waals surface area contributed by atoms with Gasteiger partial charge in [0.05, 0.1) is 25.8 Å². The molecule has 1 aromatic carbocycles. The highest BCUT2D eigenvalue weighted by Crippen LogP contribution is 2.40. The molecule has 8 heteroatoms. The number of azo groups is 1. The molecule has 0 fully saturated rings. The van der Waals surface area contributed by atoms with Crippen molar-refractivity contribution in [2.75, 3.05) is 31.7 Å². The van der Waals surface area contributed by atoms with Crippen LogP contribution >= 0.6 is 11.3 Å². The zero-order valence-corrected chi connectivity index (χ0v) is 19.0. The van der Waals surface area contributed by atoms with Crippen LogP contribution in [0.15, 0.2) is 22.4 Å². The maximum Gasteiger partial charge on any atom is 0.348 e. The summed E-state index contributed by atoms with van der Waals surface area (Å²) >= 11 is 1.21. The lowest BCUT2D eigenvalue weighted by molar-refractivity contribution is -0.139. The zero-order chi connectivity index (χ0) is 22.0. The second kappa shape index (κ2) is 9.18. The number of nitrogens with zero attached hydrogens (tertiary/aromatic N) is 3. The van der Waals surface area contributed by atoms with E-state index in [4.69, 9.17) is 9.47 Å². The summed E-state index contributed by atoms with van der Waals surface area (Å²) in [4.78, 5) is 27.2. The molecule has 0 radical (unpaired) electrons. The summed E-state index contributed by atoms with van der Waals surface area (Å²) in [7, 11) is 1.35. The standard InChI is InChI=1S/C23H27N3O4S/c1-4-30-23(28)21-14(2)18(13-19(27)29-3)22(31-21)25-24-17-11-15-7-5-9-26-10-6-8-16(12-17)20(15)26/h11-12H,4-10,13H2,1-3H3. The molecule has 0 aliphatic carbocycles. The number of anilines is 1. The predicted octanol–water partition coefficient (Wildman–Crippen LogP) is 5.06. The Morgan fingerprint density at radius 1 is 1.13 bits per heavy atom. The van der Waals surface area contributed by atoms with Gasteiger partial charge in [-0.2, -0.15) is 0 Å². The molecule has 0 saturated heterocycles. The van der Waals surface area contributed by atoms with Crippen molar-refractivity contribution in [3.63, 3.8) is 0 Å². The number of thiophene rings is 1. The first-order valence-electron chi connectivity index (χ1n) is 10.7. The van der Waals surface area contributed by atoms with Crippen LogP contribution in [0, 0.1) is 6.92 Å². The lowest BCUT2D eigenvalue weighted by Gasteiger charge is -2.36. The average Bonchev–Trinajstić information content (AvgIpc) is 3.08. The number of aryl methyl sites for hydroxylation is 2. The van der Waals surface area contributed by atoms with Crippen molar-refractivity contribution < 1.29 is 19.1 Å². The lowest BCUT2D eigenvalue weighted by Crippen LogP contribution is -2.34. The Hall–Kier alpha value is -2.74. The molecule has 0 bridgehead atoms. The van der Waals surface area contributed by atoms with Gasteiger partial charge in [-0.3, -0.25) is 4.79 Å². The molecule has 2 aliphatic rings. The van der Waals surface area contributed by atoms with Crippen LogP contribution in [0.4, 0.5) is 16.4 Å². The second-order valence-corrected chi connectivity index (χ2v) is 8.82. The van der Waals surface area contributed by atoms with Gasteiger partial charge >= 0.3 is 11.9 Å². The quantitative estimate of drug-likeness (QED) is 0.462. The molecule has 2 aliphatic heterocycles. The smallest absolute Gasteiger partial charge is 0.348 e. The molecular formula is C23H27N3O4S. The van der Waals surface area contributed by atoms with Gasteiger partial charge in [0.2, 0.25) is 0 Å². The molecule has 0 spiro atoms. The first-order valence-corrected chi connectivity index (χ1v) is 11.5. The zero-order valence-electron chi connectivity index (χ0n) is 18.2. The highest BCUT2D eigenvalue weighted by atomic mass is 32.1. The van der Waals surface area contributed by atoms with Crippen molar-refractivity contribution >= 4 is 39.7 Å². The van der Waals surface area contributed by atoms with Crippen LogP contribution in [0.3, 0.4) is 0 Å². The molecule has 0 atom stereocenters. The van der Waals surface area contributed by atoms with Crippen molar-refractivity contribution in [3.05, 3.63) is 39.3 Å². The first kappa shape index (κ1) is 21.5. The van der Waals surface area contributed by atoms with E-state index in [2.05, 4.69) is 27.3 Å². The van der Waals surface area contributed by atoms with Crippen LogP contribution in [0.2, 0.25) is 0 Å². The Balaban J connectivity index is 1.69. The van der Waals surface area contributed by atoms with E-state index in [0.717, 1.165) is 44.5 Å². The number of rotatable bonds is 6. The van der Waals surface area contributed by atoms with Gasteiger partial charge in [0.15, 0.2) is 0 Å². The summed E-state index contributed by atoms with van der Waals surface area (Å²) in [6.07, 6.45) is 4.46. The summed E-state index contributed by atoms with van der Waals surface area (Å²) in [6.45, 7) is 6.11. The van der Waals surface area contributed by atoms with Crippen LogP contribution in [-0.2, 0) is 33.5 Å². The minimum atomic E-state index is -0.407. The van der Waals surface area contributed by atoms with Crippen LogP contribution < -0.4 is 4.90 Å². The molecule has 2 aromatic rings. The maximum atomic E-state index is 12.3. The molecule has 0 unspecified atom stereocenters. The number of carbonyl (C=O) groups excluding carboxylic acids is 2. The van der Waals surface area contributed by atoms with Crippen molar-refractivity contribution in [2.45, 2.75) is 46.0 Å². The fraction of sp³-hybridized carbons (Fsp3) is 0.478. The van der Waals surface area contributed by atoms with Gasteiger partial charge < -0.3 is 14.4 Å². The molecule has 31 heavy (non-hydrogen) atoms. The van der Waals surface area contributed by atoms with Gasteiger partial charge in [0.1, 0.15) is 9.88 Å². The van der Waals surface area contributed by atoms with Crippen LogP contribution in [0.25, 0.3) is 0 Å². The van der Waals surface area contributed by atoms with E-state index in [1.54, 1.807) is 13.8 Å². The summed E-state index contributed by atoms with van der Waals surface area (Å²) in [5, 5.41) is 9.51. The van der Waals surface area contributed by atoms with E-state index in [-0.39, 0.29) is 19.0 Å². The largest absolute Gasteiger partial charge is 0.469 e. The molecule has 0 saturated carbocycles. The fourth-order valence-electron chi connectivity index (χ4n) is 4.38. The predicted molar refractivity (Wildman–Crippen MR) is 120 cm³/mol. The number of hydrogen-bond donors (Lipinski definition) is 0. The summed E-state index contributed by atoms with van der Waals surface area (Å²) < 4.78 is 9.98. The van der Waals surface area contributed by atoms with Crippen molar-refractivity contribution in [1.82, 2.24) is 0 Å². The molecule has 164 valence electrons. The van der Waals surface area contributed by atoms with Crippen molar-refractivity contribution in [3.8, 4) is 0 Å². The Morgan fingerprint density at radius 3 is 2.42 bits per heavy atom. The second-order valence-electron chi connectivity index (χ2n) is 7.82. The lowest BCUT2D eigenvalue weighted by atomic mass is 9.91. The Bertz CT molecular complexity index is 1010. The Kier molecular flexibility index (Phi) is 6.36. The van der Waals surface area contributed by atoms with E-state index >= 15 is 0 Å². The van der Waals surface area contributed by atoms with E-state index < -0.39 is 5.97 Å². The van der Waals surface area contributed by atoms with Gasteiger partial charge in [-0.05, 0) is 68.4 Å². The first-order chi connectivity index (χ1) is 15.0. The third-order valence-corrected chi connectivity index (χ3v) is 7.03. The SMILES string of the molecule is CCOC(=O)c1sc(N=Nc2cc3c4c(c2)CCCN4CCC3)c(CC(=O)OC)c1C. The third-order valence-electron chi connectivity index (χ3n) is 5.83.